The molecule has 0 aromatic heterocycles. The van der Waals surface area contributed by atoms with Crippen LogP contribution >= 0.6 is 0 Å². The number of benzene rings is 1. The summed E-state index contributed by atoms with van der Waals surface area (Å²) in [4.78, 5) is 0.279. The minimum atomic E-state index is -3.12. The molecule has 1 rings (SSSR count). The highest BCUT2D eigenvalue weighted by molar-refractivity contribution is 7.90. The van der Waals surface area contributed by atoms with Gasteiger partial charge < -0.3 is 4.74 Å². The van der Waals surface area contributed by atoms with Crippen LogP contribution in [0.15, 0.2) is 29.2 Å². The Hall–Kier alpha value is -1.03. The van der Waals surface area contributed by atoms with Gasteiger partial charge in [0.1, 0.15) is 5.75 Å². The molecule has 0 unspecified atom stereocenters. The lowest BCUT2D eigenvalue weighted by atomic mass is 10.3. The summed E-state index contributed by atoms with van der Waals surface area (Å²) in [6, 6.07) is 6.39. The van der Waals surface area contributed by atoms with Crippen LogP contribution in [-0.2, 0) is 9.84 Å². The van der Waals surface area contributed by atoms with Crippen LogP contribution in [0.5, 0.6) is 5.75 Å². The van der Waals surface area contributed by atoms with E-state index in [-0.39, 0.29) is 4.90 Å². The minimum Gasteiger partial charge on any atom is -0.497 e. The van der Waals surface area contributed by atoms with Gasteiger partial charge in [0, 0.05) is 6.26 Å². The molecule has 86 valence electrons. The maximum Gasteiger partial charge on any atom is 0.175 e. The van der Waals surface area contributed by atoms with Gasteiger partial charge in [-0.1, -0.05) is 26.3 Å². The van der Waals surface area contributed by atoms with Crippen molar-refractivity contribution in [2.24, 2.45) is 0 Å². The summed E-state index contributed by atoms with van der Waals surface area (Å²) in [5.41, 5.74) is 0. The van der Waals surface area contributed by atoms with E-state index in [0.29, 0.717) is 5.75 Å². The number of hydrogen-bond donors (Lipinski definition) is 0. The maximum atomic E-state index is 11.0. The first-order valence-corrected chi connectivity index (χ1v) is 6.69. The van der Waals surface area contributed by atoms with E-state index in [2.05, 4.69) is 13.8 Å². The standard InChI is InChI=1S/C8H10O3S.C3H8/c1-11-7-4-3-5-8(6-7)12(2,9)10;1-3-2/h3-6H,1-2H3;3H2,1-2H3. The normalized spacial score (nSPS) is 10.1. The van der Waals surface area contributed by atoms with E-state index in [0.717, 1.165) is 0 Å². The summed E-state index contributed by atoms with van der Waals surface area (Å²) in [6.07, 6.45) is 2.42. The van der Waals surface area contributed by atoms with Crippen LogP contribution < -0.4 is 4.74 Å². The summed E-state index contributed by atoms with van der Waals surface area (Å²) in [6.45, 7) is 4.25. The van der Waals surface area contributed by atoms with Gasteiger partial charge in [-0.05, 0) is 18.2 Å². The van der Waals surface area contributed by atoms with Gasteiger partial charge in [-0.3, -0.25) is 0 Å². The molecule has 1 aromatic rings. The first-order valence-electron chi connectivity index (χ1n) is 4.79. The van der Waals surface area contributed by atoms with Crippen molar-refractivity contribution in [2.75, 3.05) is 13.4 Å². The van der Waals surface area contributed by atoms with Crippen molar-refractivity contribution in [3.63, 3.8) is 0 Å². The molecule has 0 bridgehead atoms. The molecule has 0 atom stereocenters. The molecule has 1 aromatic carbocycles. The molecule has 0 heterocycles. The molecule has 15 heavy (non-hydrogen) atoms. The Morgan fingerprint density at radius 2 is 1.80 bits per heavy atom. The molecule has 0 spiro atoms. The third kappa shape index (κ3) is 5.42. The van der Waals surface area contributed by atoms with Crippen molar-refractivity contribution in [1.29, 1.82) is 0 Å². The van der Waals surface area contributed by atoms with Crippen LogP contribution in [0.3, 0.4) is 0 Å². The molecular weight excluding hydrogens is 212 g/mol. The SMILES string of the molecule is CCC.COc1cccc(S(C)(=O)=O)c1. The van der Waals surface area contributed by atoms with Gasteiger partial charge in [0.25, 0.3) is 0 Å². The van der Waals surface area contributed by atoms with Crippen LogP contribution in [0.1, 0.15) is 20.3 Å². The quantitative estimate of drug-likeness (QED) is 0.784. The van der Waals surface area contributed by atoms with Crippen LogP contribution in [0.25, 0.3) is 0 Å². The Balaban J connectivity index is 0.000000583. The molecule has 0 aliphatic carbocycles. The van der Waals surface area contributed by atoms with Gasteiger partial charge in [-0.15, -0.1) is 0 Å². The van der Waals surface area contributed by atoms with E-state index in [1.807, 2.05) is 0 Å². The number of rotatable bonds is 2. The van der Waals surface area contributed by atoms with Gasteiger partial charge >= 0.3 is 0 Å². The van der Waals surface area contributed by atoms with E-state index < -0.39 is 9.84 Å². The third-order valence-corrected chi connectivity index (χ3v) is 2.58. The number of ether oxygens (including phenoxy) is 1. The first kappa shape index (κ1) is 14.0. The van der Waals surface area contributed by atoms with Crippen LogP contribution in [-0.4, -0.2) is 21.8 Å². The number of hydrogen-bond acceptors (Lipinski definition) is 3. The van der Waals surface area contributed by atoms with Crippen LogP contribution in [0.2, 0.25) is 0 Å². The van der Waals surface area contributed by atoms with Crippen molar-refractivity contribution < 1.29 is 13.2 Å². The molecule has 0 radical (unpaired) electrons. The van der Waals surface area contributed by atoms with Gasteiger partial charge in [-0.2, -0.15) is 0 Å². The molecular formula is C11H18O3S. The highest BCUT2D eigenvalue weighted by Gasteiger charge is 2.06. The van der Waals surface area contributed by atoms with E-state index in [9.17, 15) is 8.42 Å². The fourth-order valence-electron chi connectivity index (χ4n) is 0.832. The summed E-state index contributed by atoms with van der Waals surface area (Å²) in [5.74, 6) is 0.554. The maximum absolute atomic E-state index is 11.0. The molecule has 0 saturated carbocycles. The number of sulfone groups is 1. The molecule has 0 N–H and O–H groups in total. The molecule has 0 saturated heterocycles. The summed E-state index contributed by atoms with van der Waals surface area (Å²) in [5, 5.41) is 0. The molecule has 0 fully saturated rings. The van der Waals surface area contributed by atoms with Crippen molar-refractivity contribution in [3.05, 3.63) is 24.3 Å². The summed E-state index contributed by atoms with van der Waals surface area (Å²) >= 11 is 0. The summed E-state index contributed by atoms with van der Waals surface area (Å²) < 4.78 is 27.0. The van der Waals surface area contributed by atoms with E-state index in [1.54, 1.807) is 12.1 Å². The molecule has 0 aliphatic heterocycles. The molecule has 0 aliphatic rings. The fourth-order valence-corrected chi connectivity index (χ4v) is 1.49. The lowest BCUT2D eigenvalue weighted by Gasteiger charge is -2.01. The first-order chi connectivity index (χ1) is 6.95. The van der Waals surface area contributed by atoms with Crippen LogP contribution in [0.4, 0.5) is 0 Å². The fraction of sp³-hybridized carbons (Fsp3) is 0.455. The van der Waals surface area contributed by atoms with Gasteiger partial charge in [0.15, 0.2) is 9.84 Å². The summed E-state index contributed by atoms with van der Waals surface area (Å²) in [7, 11) is -1.61. The third-order valence-electron chi connectivity index (χ3n) is 1.47. The Morgan fingerprint density at radius 1 is 1.27 bits per heavy atom. The smallest absolute Gasteiger partial charge is 0.175 e. The zero-order valence-corrected chi connectivity index (χ0v) is 10.5. The van der Waals surface area contributed by atoms with E-state index >= 15 is 0 Å². The molecule has 3 nitrogen and oxygen atoms in total. The Labute approximate surface area is 92.0 Å². The minimum absolute atomic E-state index is 0.279. The predicted molar refractivity (Wildman–Crippen MR) is 62.1 cm³/mol. The monoisotopic (exact) mass is 230 g/mol. The second-order valence-corrected chi connectivity index (χ2v) is 5.17. The number of methoxy groups -OCH3 is 1. The lowest BCUT2D eigenvalue weighted by Crippen LogP contribution is -1.96. The molecule has 0 amide bonds. The van der Waals surface area contributed by atoms with Gasteiger partial charge in [0.05, 0.1) is 12.0 Å². The Bertz CT molecular complexity index is 383. The van der Waals surface area contributed by atoms with E-state index in [1.165, 1.54) is 31.9 Å². The van der Waals surface area contributed by atoms with Crippen molar-refractivity contribution in [2.45, 2.75) is 25.2 Å². The van der Waals surface area contributed by atoms with Crippen molar-refractivity contribution >= 4 is 9.84 Å². The van der Waals surface area contributed by atoms with Gasteiger partial charge in [-0.25, -0.2) is 8.42 Å². The van der Waals surface area contributed by atoms with Crippen molar-refractivity contribution in [1.82, 2.24) is 0 Å². The highest BCUT2D eigenvalue weighted by Crippen LogP contribution is 2.16. The predicted octanol–water partition coefficient (Wildman–Crippen LogP) is 2.52. The zero-order chi connectivity index (χ0) is 11.9. The highest BCUT2D eigenvalue weighted by atomic mass is 32.2. The second kappa shape index (κ2) is 6.45. The van der Waals surface area contributed by atoms with E-state index in [4.69, 9.17) is 4.74 Å². The van der Waals surface area contributed by atoms with Crippen molar-refractivity contribution in [3.8, 4) is 5.75 Å². The topological polar surface area (TPSA) is 43.4 Å². The average molecular weight is 230 g/mol. The Kier molecular flexibility index (Phi) is 6.01. The Morgan fingerprint density at radius 3 is 2.20 bits per heavy atom. The van der Waals surface area contributed by atoms with Crippen LogP contribution in [0, 0.1) is 0 Å². The average Bonchev–Trinajstić information content (AvgIpc) is 2.18. The molecule has 4 heteroatoms. The largest absolute Gasteiger partial charge is 0.497 e. The zero-order valence-electron chi connectivity index (χ0n) is 9.65. The second-order valence-electron chi connectivity index (χ2n) is 3.16. The van der Waals surface area contributed by atoms with Gasteiger partial charge in [0.2, 0.25) is 0 Å². The lowest BCUT2D eigenvalue weighted by molar-refractivity contribution is 0.413.